The number of nitrogens with two attached hydrogens (primary N) is 1. The molecule has 1 unspecified atom stereocenters. The molecule has 0 radical (unpaired) electrons. The molecule has 2 aromatic carbocycles. The van der Waals surface area contributed by atoms with Crippen molar-refractivity contribution in [3.63, 3.8) is 0 Å². The molecule has 3 aromatic rings. The Kier molecular flexibility index (Phi) is 7.54. The van der Waals surface area contributed by atoms with Gasteiger partial charge in [-0.2, -0.15) is 0 Å². The molecule has 1 atom stereocenters. The Morgan fingerprint density at radius 3 is 2.58 bits per heavy atom. The fourth-order valence-electron chi connectivity index (χ4n) is 3.40. The van der Waals surface area contributed by atoms with Crippen molar-refractivity contribution in [2.75, 3.05) is 6.61 Å². The Balaban J connectivity index is 1.67. The highest BCUT2D eigenvalue weighted by molar-refractivity contribution is 5.88. The average molecular weight is 423 g/mol. The number of ether oxygens (including phenoxy) is 1. The number of aromatic nitrogens is 1. The number of aromatic amines is 1. The van der Waals surface area contributed by atoms with Crippen molar-refractivity contribution in [3.05, 3.63) is 65.9 Å². The summed E-state index contributed by atoms with van der Waals surface area (Å²) in [6.07, 6.45) is 3.13. The Morgan fingerprint density at radius 2 is 1.81 bits per heavy atom. The van der Waals surface area contributed by atoms with Gasteiger partial charge in [-0.3, -0.25) is 4.79 Å². The largest absolute Gasteiger partial charge is 0.493 e. The summed E-state index contributed by atoms with van der Waals surface area (Å²) in [6, 6.07) is 13.9. The molecular weight excluding hydrogens is 392 g/mol. The number of nitrogens with one attached hydrogen (secondary N) is 3. The number of urea groups is 1. The molecule has 0 spiro atoms. The second-order valence-corrected chi connectivity index (χ2v) is 7.98. The summed E-state index contributed by atoms with van der Waals surface area (Å²) in [5, 5.41) is 6.48. The lowest BCUT2D eigenvalue weighted by Crippen LogP contribution is -2.49. The molecular formula is C24H30N4O3. The lowest BCUT2D eigenvalue weighted by atomic mass is 10.0. The van der Waals surface area contributed by atoms with Crippen molar-refractivity contribution in [2.45, 2.75) is 39.3 Å². The van der Waals surface area contributed by atoms with Crippen molar-refractivity contribution in [2.24, 2.45) is 11.7 Å². The summed E-state index contributed by atoms with van der Waals surface area (Å²) in [4.78, 5) is 27.6. The van der Waals surface area contributed by atoms with Crippen LogP contribution in [0.1, 0.15) is 31.4 Å². The smallest absolute Gasteiger partial charge is 0.312 e. The predicted octanol–water partition coefficient (Wildman–Crippen LogP) is 3.49. The first-order valence-electron chi connectivity index (χ1n) is 10.5. The number of hydrogen-bond donors (Lipinski definition) is 4. The van der Waals surface area contributed by atoms with Crippen LogP contribution in [-0.2, 0) is 17.8 Å². The first-order valence-corrected chi connectivity index (χ1v) is 10.5. The normalized spacial score (nSPS) is 12.0. The van der Waals surface area contributed by atoms with Gasteiger partial charge in [-0.1, -0.05) is 50.2 Å². The molecule has 0 saturated carbocycles. The van der Waals surface area contributed by atoms with Gasteiger partial charge < -0.3 is 26.1 Å². The Hall–Kier alpha value is -3.48. The summed E-state index contributed by atoms with van der Waals surface area (Å²) in [5.41, 5.74) is 8.11. The number of H-pyrrole nitrogens is 1. The van der Waals surface area contributed by atoms with Gasteiger partial charge in [0.15, 0.2) is 0 Å². The van der Waals surface area contributed by atoms with Crippen molar-refractivity contribution in [1.82, 2.24) is 15.6 Å². The van der Waals surface area contributed by atoms with E-state index in [1.807, 2.05) is 54.7 Å². The van der Waals surface area contributed by atoms with E-state index in [0.717, 1.165) is 34.2 Å². The number of fused-ring (bicyclic) bond motifs is 1. The van der Waals surface area contributed by atoms with Crippen molar-refractivity contribution in [3.8, 4) is 5.75 Å². The highest BCUT2D eigenvalue weighted by atomic mass is 16.5. The summed E-state index contributed by atoms with van der Waals surface area (Å²) in [5.74, 6) is 0.998. The third-order valence-electron chi connectivity index (χ3n) is 5.11. The molecule has 31 heavy (non-hydrogen) atoms. The molecule has 5 N–H and O–H groups in total. The molecule has 0 aliphatic carbocycles. The first-order chi connectivity index (χ1) is 14.9. The zero-order valence-electron chi connectivity index (χ0n) is 18.0. The van der Waals surface area contributed by atoms with Crippen LogP contribution in [0.2, 0.25) is 0 Å². The second-order valence-electron chi connectivity index (χ2n) is 7.98. The second kappa shape index (κ2) is 10.5. The maximum absolute atomic E-state index is 12.9. The summed E-state index contributed by atoms with van der Waals surface area (Å²) in [7, 11) is 0. The summed E-state index contributed by atoms with van der Waals surface area (Å²) < 4.78 is 5.89. The minimum absolute atomic E-state index is 0.293. The number of rotatable bonds is 10. The Labute approximate surface area is 182 Å². The van der Waals surface area contributed by atoms with E-state index in [0.29, 0.717) is 25.5 Å². The number of para-hydroxylation sites is 2. The third-order valence-corrected chi connectivity index (χ3v) is 5.11. The van der Waals surface area contributed by atoms with Gasteiger partial charge in [-0.25, -0.2) is 4.79 Å². The zero-order chi connectivity index (χ0) is 22.2. The molecule has 0 aliphatic rings. The number of amides is 3. The van der Waals surface area contributed by atoms with Crippen LogP contribution in [0.3, 0.4) is 0 Å². The minimum Gasteiger partial charge on any atom is -0.493 e. The molecule has 0 fully saturated rings. The van der Waals surface area contributed by atoms with Crippen LogP contribution < -0.4 is 21.1 Å². The van der Waals surface area contributed by atoms with Gasteiger partial charge in [-0.15, -0.1) is 0 Å². The molecule has 0 bridgehead atoms. The maximum Gasteiger partial charge on any atom is 0.312 e. The van der Waals surface area contributed by atoms with Crippen molar-refractivity contribution < 1.29 is 14.3 Å². The quantitative estimate of drug-likeness (QED) is 0.401. The average Bonchev–Trinajstić information content (AvgIpc) is 3.15. The highest BCUT2D eigenvalue weighted by Gasteiger charge is 2.22. The lowest BCUT2D eigenvalue weighted by molar-refractivity contribution is -0.123. The van der Waals surface area contributed by atoms with Crippen molar-refractivity contribution in [1.29, 1.82) is 0 Å². The predicted molar refractivity (Wildman–Crippen MR) is 122 cm³/mol. The number of carbonyl (C=O) groups is 2. The van der Waals surface area contributed by atoms with E-state index in [2.05, 4.69) is 29.5 Å². The van der Waals surface area contributed by atoms with Crippen LogP contribution in [0, 0.1) is 5.92 Å². The molecule has 3 rings (SSSR count). The molecule has 1 aromatic heterocycles. The van der Waals surface area contributed by atoms with E-state index in [1.165, 1.54) is 0 Å². The van der Waals surface area contributed by atoms with Crippen LogP contribution in [0.4, 0.5) is 4.79 Å². The van der Waals surface area contributed by atoms with Gasteiger partial charge in [0, 0.05) is 35.6 Å². The standard InChI is InChI=1S/C24H30N4O3/c1-16(2)11-12-31-22-10-6-3-7-17(22)14-27-23(29)21(28-24(25)30)13-18-15-26-20-9-5-4-8-19(18)20/h3-10,15-16,21,26H,11-14H2,1-2H3,(H,27,29)(H3,25,28,30). The van der Waals surface area contributed by atoms with Crippen LogP contribution in [0.25, 0.3) is 10.9 Å². The van der Waals surface area contributed by atoms with Gasteiger partial charge >= 0.3 is 6.03 Å². The minimum atomic E-state index is -0.786. The first kappa shape index (κ1) is 22.2. The zero-order valence-corrected chi connectivity index (χ0v) is 18.0. The fraction of sp³-hybridized carbons (Fsp3) is 0.333. The fourth-order valence-corrected chi connectivity index (χ4v) is 3.40. The van der Waals surface area contributed by atoms with E-state index in [4.69, 9.17) is 10.5 Å². The lowest BCUT2D eigenvalue weighted by Gasteiger charge is -2.18. The SMILES string of the molecule is CC(C)CCOc1ccccc1CNC(=O)C(Cc1c[nH]c2ccccc12)NC(N)=O. The summed E-state index contributed by atoms with van der Waals surface area (Å²) in [6.45, 7) is 5.21. The number of carbonyl (C=O) groups excluding carboxylic acids is 2. The van der Waals surface area contributed by atoms with Gasteiger partial charge in [0.1, 0.15) is 11.8 Å². The van der Waals surface area contributed by atoms with Gasteiger partial charge in [0.2, 0.25) is 5.91 Å². The number of primary amides is 1. The Bertz CT molecular complexity index is 1030. The number of hydrogen-bond acceptors (Lipinski definition) is 3. The molecule has 1 heterocycles. The highest BCUT2D eigenvalue weighted by Crippen LogP contribution is 2.20. The number of benzene rings is 2. The third kappa shape index (κ3) is 6.25. The molecule has 3 amide bonds. The van der Waals surface area contributed by atoms with Crippen LogP contribution in [0.5, 0.6) is 5.75 Å². The van der Waals surface area contributed by atoms with E-state index >= 15 is 0 Å². The monoisotopic (exact) mass is 422 g/mol. The van der Waals surface area contributed by atoms with Crippen molar-refractivity contribution >= 4 is 22.8 Å². The van der Waals surface area contributed by atoms with Crippen LogP contribution in [0.15, 0.2) is 54.7 Å². The topological polar surface area (TPSA) is 109 Å². The molecule has 0 aliphatic heterocycles. The van der Waals surface area contributed by atoms with Gasteiger partial charge in [0.25, 0.3) is 0 Å². The molecule has 0 saturated heterocycles. The van der Waals surface area contributed by atoms with E-state index in [1.54, 1.807) is 0 Å². The van der Waals surface area contributed by atoms with E-state index < -0.39 is 12.1 Å². The van der Waals surface area contributed by atoms with Gasteiger partial charge in [-0.05, 0) is 30.0 Å². The van der Waals surface area contributed by atoms with Crippen LogP contribution >= 0.6 is 0 Å². The molecule has 7 nitrogen and oxygen atoms in total. The summed E-state index contributed by atoms with van der Waals surface area (Å²) >= 11 is 0. The van der Waals surface area contributed by atoms with E-state index in [-0.39, 0.29) is 5.91 Å². The molecule has 164 valence electrons. The van der Waals surface area contributed by atoms with Gasteiger partial charge in [0.05, 0.1) is 6.61 Å². The van der Waals surface area contributed by atoms with E-state index in [9.17, 15) is 9.59 Å². The Morgan fingerprint density at radius 1 is 1.06 bits per heavy atom. The molecule has 7 heteroatoms. The maximum atomic E-state index is 12.9. The van der Waals surface area contributed by atoms with Crippen LogP contribution in [-0.4, -0.2) is 29.6 Å².